The summed E-state index contributed by atoms with van der Waals surface area (Å²) in [7, 11) is 6.23. The molecule has 2 aromatic rings. The van der Waals surface area contributed by atoms with Crippen LogP contribution < -0.4 is 28.1 Å². The van der Waals surface area contributed by atoms with Crippen LogP contribution in [0.5, 0.6) is 0 Å². The van der Waals surface area contributed by atoms with E-state index in [9.17, 15) is 0 Å². The Hall–Kier alpha value is -0.177. The summed E-state index contributed by atoms with van der Waals surface area (Å²) in [5, 5.41) is 0. The largest absolute Gasteiger partial charge is 1.00 e. The summed E-state index contributed by atoms with van der Waals surface area (Å²) < 4.78 is 4.19. The predicted molar refractivity (Wildman–Crippen MR) is 119 cm³/mol. The SMILES string of the molecule is CC(C)(C)C1=CC[C]([Zr+2](=[S])[c]2ccc(Br)c3c2C=CC3c2ccccc2)=C1.[Cl-].[Cl-]. The monoisotopic (exact) mass is 582 g/mol. The smallest absolute Gasteiger partial charge is 1.00 e. The number of fused-ring (bicyclic) bond motifs is 1. The fourth-order valence-corrected chi connectivity index (χ4v) is 10.4. The molecular weight excluding hydrogens is 562 g/mol. The van der Waals surface area contributed by atoms with Gasteiger partial charge in [0.25, 0.3) is 0 Å². The molecule has 1 atom stereocenters. The average molecular weight is 586 g/mol. The molecule has 2 aliphatic carbocycles. The van der Waals surface area contributed by atoms with Crippen molar-refractivity contribution in [1.29, 1.82) is 0 Å². The normalized spacial score (nSPS) is 16.7. The van der Waals surface area contributed by atoms with Crippen molar-refractivity contribution < 1.29 is 44.5 Å². The molecule has 0 bridgehead atoms. The Morgan fingerprint density at radius 2 is 1.72 bits per heavy atom. The summed E-state index contributed by atoms with van der Waals surface area (Å²) in [5.74, 6) is 0.322. The van der Waals surface area contributed by atoms with E-state index in [0.29, 0.717) is 5.92 Å². The van der Waals surface area contributed by atoms with Gasteiger partial charge in [-0.05, 0) is 0 Å². The van der Waals surface area contributed by atoms with Crippen LogP contribution >= 0.6 is 24.8 Å². The maximum Gasteiger partial charge on any atom is -1.00 e. The summed E-state index contributed by atoms with van der Waals surface area (Å²) in [4.78, 5) is 0. The van der Waals surface area contributed by atoms with Gasteiger partial charge in [-0.1, -0.05) is 0 Å². The van der Waals surface area contributed by atoms with Gasteiger partial charge in [0.15, 0.2) is 0 Å². The Morgan fingerprint density at radius 1 is 1.03 bits per heavy atom. The average Bonchev–Trinajstić information content (AvgIpc) is 3.30. The molecule has 0 saturated heterocycles. The van der Waals surface area contributed by atoms with Crippen molar-refractivity contribution in [3.05, 3.63) is 90.7 Å². The minimum Gasteiger partial charge on any atom is -1.00 e. The van der Waals surface area contributed by atoms with Crippen molar-refractivity contribution >= 4 is 34.1 Å². The second-order valence-corrected chi connectivity index (χ2v) is 16.1. The van der Waals surface area contributed by atoms with Gasteiger partial charge in [-0.3, -0.25) is 0 Å². The van der Waals surface area contributed by atoms with Crippen molar-refractivity contribution in [3.8, 4) is 0 Å². The third kappa shape index (κ3) is 5.02. The van der Waals surface area contributed by atoms with E-state index in [1.54, 1.807) is 3.28 Å². The number of rotatable bonds is 3. The molecule has 0 heterocycles. The predicted octanol–water partition coefficient (Wildman–Crippen LogP) is 1.23. The Bertz CT molecular complexity index is 1020. The molecule has 150 valence electrons. The summed E-state index contributed by atoms with van der Waals surface area (Å²) in [5.41, 5.74) is 5.78. The van der Waals surface area contributed by atoms with E-state index in [2.05, 4.69) is 103 Å². The number of hydrogen-bond acceptors (Lipinski definition) is 1. The first-order chi connectivity index (χ1) is 12.9. The number of hydrogen-bond donors (Lipinski definition) is 0. The zero-order valence-corrected chi connectivity index (χ0v) is 23.0. The molecule has 0 amide bonds. The van der Waals surface area contributed by atoms with Crippen LogP contribution in [-0.4, -0.2) is 0 Å². The minimum atomic E-state index is -2.26. The van der Waals surface area contributed by atoms with Crippen LogP contribution in [0.4, 0.5) is 0 Å². The van der Waals surface area contributed by atoms with E-state index < -0.39 is 19.7 Å². The van der Waals surface area contributed by atoms with Crippen molar-refractivity contribution in [3.63, 3.8) is 0 Å². The van der Waals surface area contributed by atoms with E-state index in [1.807, 2.05) is 0 Å². The van der Waals surface area contributed by atoms with Crippen molar-refractivity contribution in [1.82, 2.24) is 0 Å². The molecule has 0 fully saturated rings. The Balaban J connectivity index is 0.00000150. The second kappa shape index (κ2) is 9.96. The van der Waals surface area contributed by atoms with Crippen LogP contribution in [0.25, 0.3) is 6.08 Å². The Labute approximate surface area is 206 Å². The van der Waals surface area contributed by atoms with E-state index in [0.717, 1.165) is 6.42 Å². The topological polar surface area (TPSA) is 0 Å². The van der Waals surface area contributed by atoms with Gasteiger partial charge < -0.3 is 24.8 Å². The van der Waals surface area contributed by atoms with Gasteiger partial charge in [0.05, 0.1) is 0 Å². The molecule has 2 aromatic carbocycles. The maximum absolute atomic E-state index is 6.23. The van der Waals surface area contributed by atoms with Gasteiger partial charge in [-0.2, -0.15) is 0 Å². The van der Waals surface area contributed by atoms with Gasteiger partial charge in [0, 0.05) is 0 Å². The molecule has 2 aliphatic rings. The van der Waals surface area contributed by atoms with Crippen LogP contribution in [-0.2, 0) is 19.7 Å². The number of allylic oxidation sites excluding steroid dienone is 5. The zero-order valence-electron chi connectivity index (χ0n) is 16.7. The third-order valence-corrected chi connectivity index (χ3v) is 13.5. The minimum absolute atomic E-state index is 0. The van der Waals surface area contributed by atoms with E-state index in [4.69, 9.17) is 8.86 Å². The van der Waals surface area contributed by atoms with Gasteiger partial charge in [0.2, 0.25) is 0 Å². The summed E-state index contributed by atoms with van der Waals surface area (Å²) in [6.07, 6.45) is 10.5. The molecule has 0 aliphatic heterocycles. The summed E-state index contributed by atoms with van der Waals surface area (Å²) >= 11 is 1.55. The fraction of sp³-hybridized carbons (Fsp3) is 0.250. The molecule has 29 heavy (non-hydrogen) atoms. The van der Waals surface area contributed by atoms with Gasteiger partial charge in [0.1, 0.15) is 0 Å². The molecule has 0 aromatic heterocycles. The van der Waals surface area contributed by atoms with Gasteiger partial charge in [-0.25, -0.2) is 0 Å². The quantitative estimate of drug-likeness (QED) is 0.523. The molecule has 1 unspecified atom stereocenters. The molecule has 0 spiro atoms. The zero-order chi connectivity index (χ0) is 19.2. The summed E-state index contributed by atoms with van der Waals surface area (Å²) in [6.45, 7) is 6.86. The van der Waals surface area contributed by atoms with Crippen LogP contribution in [0.2, 0.25) is 0 Å². The standard InChI is InChI=1S/C15H10Br.C9H13.2ClH.S.Zr/c16-14-8-4-7-12-9-10-13(15(12)14)11-5-2-1-3-6-11;1-9(2,3)8-6-4-5-7-8;;;;/h1-6,8-10,13H;6-7H,4H2,1-3H3;2*1H;;/q;;;;;+2/p-2. The van der Waals surface area contributed by atoms with Crippen LogP contribution in [0.1, 0.15) is 49.8 Å². The van der Waals surface area contributed by atoms with E-state index >= 15 is 0 Å². The first-order valence-electron chi connectivity index (χ1n) is 9.37. The Kier molecular flexibility index (Phi) is 8.62. The number of halogens is 3. The van der Waals surface area contributed by atoms with Crippen LogP contribution in [0, 0.1) is 5.41 Å². The van der Waals surface area contributed by atoms with Crippen molar-refractivity contribution in [2.45, 2.75) is 33.1 Å². The van der Waals surface area contributed by atoms with Crippen LogP contribution in [0.15, 0.2) is 74.0 Å². The van der Waals surface area contributed by atoms with Crippen molar-refractivity contribution in [2.24, 2.45) is 5.41 Å². The van der Waals surface area contributed by atoms with Crippen LogP contribution in [0.3, 0.4) is 0 Å². The molecule has 5 heteroatoms. The van der Waals surface area contributed by atoms with Gasteiger partial charge in [-0.15, -0.1) is 0 Å². The molecule has 0 N–H and O–H groups in total. The molecule has 4 rings (SSSR count). The van der Waals surface area contributed by atoms with E-state index in [-0.39, 0.29) is 30.2 Å². The van der Waals surface area contributed by atoms with Gasteiger partial charge >= 0.3 is 183 Å². The third-order valence-electron chi connectivity index (χ3n) is 5.43. The molecule has 0 nitrogen and oxygen atoms in total. The fourth-order valence-electron chi connectivity index (χ4n) is 3.91. The molecule has 0 saturated carbocycles. The van der Waals surface area contributed by atoms with Crippen molar-refractivity contribution in [2.75, 3.05) is 0 Å². The van der Waals surface area contributed by atoms with E-state index in [1.165, 1.54) is 30.0 Å². The first-order valence-corrected chi connectivity index (χ1v) is 16.0. The molecular formula is C24H23BrCl2SZr. The number of benzene rings is 2. The Morgan fingerprint density at radius 3 is 2.34 bits per heavy atom. The molecule has 0 radical (unpaired) electrons. The maximum atomic E-state index is 6.23. The second-order valence-electron chi connectivity index (χ2n) is 8.28. The first kappa shape index (κ1) is 25.1. The summed E-state index contributed by atoms with van der Waals surface area (Å²) in [6, 6.07) is 15.3.